The first-order valence-electron chi connectivity index (χ1n) is 10.3. The van der Waals surface area contributed by atoms with E-state index in [1.807, 2.05) is 30.3 Å². The Balaban J connectivity index is 1.45. The normalized spacial score (nSPS) is 17.8. The Kier molecular flexibility index (Phi) is 5.98. The van der Waals surface area contributed by atoms with Crippen molar-refractivity contribution in [3.8, 4) is 17.2 Å². The van der Waals surface area contributed by atoms with E-state index in [1.165, 1.54) is 6.42 Å². The number of ketones is 1. The van der Waals surface area contributed by atoms with Gasteiger partial charge in [0.15, 0.2) is 5.76 Å². The maximum Gasteiger partial charge on any atom is 0.314 e. The highest BCUT2D eigenvalue weighted by Gasteiger charge is 2.28. The Morgan fingerprint density at radius 3 is 2.70 bits per heavy atom. The molecule has 1 aliphatic carbocycles. The van der Waals surface area contributed by atoms with Gasteiger partial charge in [-0.2, -0.15) is 0 Å². The lowest BCUT2D eigenvalue weighted by Crippen LogP contribution is -2.22. The van der Waals surface area contributed by atoms with E-state index in [1.54, 1.807) is 37.5 Å². The van der Waals surface area contributed by atoms with Crippen LogP contribution < -0.4 is 14.2 Å². The standard InChI is InChI=1S/C25H24O5/c1-28-21-12-6-5-8-17(21)11-7-13-22-24(26)20-15-14-19(16-23(20)30-22)29-25(27)18-9-3-2-4-10-18/h5-8,11-16,18H,2-4,9-10H2,1H3/b11-7+,22-13+. The molecule has 2 aromatic carbocycles. The Morgan fingerprint density at radius 1 is 1.10 bits per heavy atom. The van der Waals surface area contributed by atoms with Crippen molar-refractivity contribution in [2.75, 3.05) is 7.11 Å². The molecule has 0 unspecified atom stereocenters. The summed E-state index contributed by atoms with van der Waals surface area (Å²) in [6.07, 6.45) is 10.3. The predicted octanol–water partition coefficient (Wildman–Crippen LogP) is 5.35. The monoisotopic (exact) mass is 404 g/mol. The maximum atomic E-state index is 12.6. The third kappa shape index (κ3) is 4.30. The molecule has 0 bridgehead atoms. The Hall–Kier alpha value is -3.34. The van der Waals surface area contributed by atoms with Gasteiger partial charge in [0.1, 0.15) is 17.2 Å². The van der Waals surface area contributed by atoms with Gasteiger partial charge in [-0.3, -0.25) is 9.59 Å². The lowest BCUT2D eigenvalue weighted by atomic mass is 9.89. The van der Waals surface area contributed by atoms with E-state index < -0.39 is 0 Å². The van der Waals surface area contributed by atoms with Gasteiger partial charge in [0.2, 0.25) is 5.78 Å². The van der Waals surface area contributed by atoms with Crippen LogP contribution in [0.2, 0.25) is 0 Å². The van der Waals surface area contributed by atoms with Crippen LogP contribution in [0.4, 0.5) is 0 Å². The second-order valence-electron chi connectivity index (χ2n) is 7.48. The minimum absolute atomic E-state index is 0.0369. The summed E-state index contributed by atoms with van der Waals surface area (Å²) in [5.41, 5.74) is 1.36. The molecule has 1 fully saturated rings. The number of ether oxygens (including phenoxy) is 3. The number of carbonyl (C=O) groups is 2. The summed E-state index contributed by atoms with van der Waals surface area (Å²) < 4.78 is 16.6. The topological polar surface area (TPSA) is 61.8 Å². The maximum absolute atomic E-state index is 12.6. The minimum Gasteiger partial charge on any atom is -0.496 e. The molecule has 30 heavy (non-hydrogen) atoms. The van der Waals surface area contributed by atoms with E-state index in [4.69, 9.17) is 14.2 Å². The lowest BCUT2D eigenvalue weighted by molar-refractivity contribution is -0.139. The van der Waals surface area contributed by atoms with Gasteiger partial charge in [-0.15, -0.1) is 0 Å². The first kappa shape index (κ1) is 20.0. The van der Waals surface area contributed by atoms with Crippen molar-refractivity contribution in [2.45, 2.75) is 32.1 Å². The van der Waals surface area contributed by atoms with Crippen LogP contribution in [0.5, 0.6) is 17.2 Å². The molecule has 2 aromatic rings. The summed E-state index contributed by atoms with van der Waals surface area (Å²) in [5.74, 6) is 1.36. The summed E-state index contributed by atoms with van der Waals surface area (Å²) in [6, 6.07) is 12.5. The third-order valence-corrected chi connectivity index (χ3v) is 5.46. The molecule has 0 spiro atoms. The number of esters is 1. The molecule has 0 atom stereocenters. The molecule has 0 saturated heterocycles. The van der Waals surface area contributed by atoms with Crippen LogP contribution in [-0.2, 0) is 4.79 Å². The number of hydrogen-bond acceptors (Lipinski definition) is 5. The fourth-order valence-electron chi connectivity index (χ4n) is 3.83. The van der Waals surface area contributed by atoms with Crippen LogP contribution in [0, 0.1) is 5.92 Å². The van der Waals surface area contributed by atoms with Crippen LogP contribution in [0.15, 0.2) is 60.4 Å². The third-order valence-electron chi connectivity index (χ3n) is 5.46. The molecular formula is C25H24O5. The lowest BCUT2D eigenvalue weighted by Gasteiger charge is -2.19. The van der Waals surface area contributed by atoms with Crippen LogP contribution in [0.25, 0.3) is 6.08 Å². The van der Waals surface area contributed by atoms with E-state index in [0.717, 1.165) is 37.0 Å². The number of carbonyl (C=O) groups excluding carboxylic acids is 2. The van der Waals surface area contributed by atoms with E-state index in [9.17, 15) is 9.59 Å². The first-order valence-corrected chi connectivity index (χ1v) is 10.3. The fraction of sp³-hybridized carbons (Fsp3) is 0.280. The van der Waals surface area contributed by atoms with Crippen LogP contribution >= 0.6 is 0 Å². The van der Waals surface area contributed by atoms with Crippen molar-refractivity contribution in [1.29, 1.82) is 0 Å². The molecule has 2 aliphatic rings. The predicted molar refractivity (Wildman–Crippen MR) is 114 cm³/mol. The van der Waals surface area contributed by atoms with Gasteiger partial charge < -0.3 is 14.2 Å². The first-order chi connectivity index (χ1) is 14.7. The van der Waals surface area contributed by atoms with Crippen molar-refractivity contribution in [1.82, 2.24) is 0 Å². The van der Waals surface area contributed by atoms with Crippen molar-refractivity contribution in [2.24, 2.45) is 5.92 Å². The van der Waals surface area contributed by atoms with Gasteiger partial charge in [0, 0.05) is 11.6 Å². The highest BCUT2D eigenvalue weighted by molar-refractivity contribution is 6.12. The van der Waals surface area contributed by atoms with E-state index >= 15 is 0 Å². The summed E-state index contributed by atoms with van der Waals surface area (Å²) in [6.45, 7) is 0. The summed E-state index contributed by atoms with van der Waals surface area (Å²) in [4.78, 5) is 24.9. The average Bonchev–Trinajstić information content (AvgIpc) is 3.09. The van der Waals surface area contributed by atoms with E-state index in [0.29, 0.717) is 17.1 Å². The van der Waals surface area contributed by atoms with Crippen LogP contribution in [0.3, 0.4) is 0 Å². The molecule has 0 N–H and O–H groups in total. The van der Waals surface area contributed by atoms with Gasteiger partial charge in [0.25, 0.3) is 0 Å². The van der Waals surface area contributed by atoms with Crippen molar-refractivity contribution in [3.63, 3.8) is 0 Å². The Bertz CT molecular complexity index is 1010. The van der Waals surface area contributed by atoms with E-state index in [-0.39, 0.29) is 23.4 Å². The molecule has 5 heteroatoms. The number of Topliss-reactive ketones (excluding diaryl/α,β-unsaturated/α-hetero) is 1. The fourth-order valence-corrected chi connectivity index (χ4v) is 3.83. The molecule has 1 saturated carbocycles. The average molecular weight is 404 g/mol. The second kappa shape index (κ2) is 8.99. The highest BCUT2D eigenvalue weighted by Crippen LogP contribution is 2.35. The van der Waals surface area contributed by atoms with Gasteiger partial charge in [0.05, 0.1) is 18.6 Å². The number of allylic oxidation sites excluding steroid dienone is 3. The molecule has 4 rings (SSSR count). The number of para-hydroxylation sites is 1. The van der Waals surface area contributed by atoms with Gasteiger partial charge in [-0.1, -0.05) is 49.6 Å². The number of benzene rings is 2. The van der Waals surface area contributed by atoms with Crippen LogP contribution in [-0.4, -0.2) is 18.9 Å². The quantitative estimate of drug-likeness (QED) is 0.382. The van der Waals surface area contributed by atoms with Crippen molar-refractivity contribution in [3.05, 3.63) is 71.5 Å². The van der Waals surface area contributed by atoms with Gasteiger partial charge >= 0.3 is 5.97 Å². The highest BCUT2D eigenvalue weighted by atomic mass is 16.5. The number of rotatable bonds is 5. The minimum atomic E-state index is -0.200. The molecule has 0 radical (unpaired) electrons. The Labute approximate surface area is 176 Å². The summed E-state index contributed by atoms with van der Waals surface area (Å²) in [5, 5.41) is 0. The summed E-state index contributed by atoms with van der Waals surface area (Å²) >= 11 is 0. The zero-order chi connectivity index (χ0) is 20.9. The number of hydrogen-bond donors (Lipinski definition) is 0. The summed E-state index contributed by atoms with van der Waals surface area (Å²) in [7, 11) is 1.62. The molecule has 5 nitrogen and oxygen atoms in total. The zero-order valence-corrected chi connectivity index (χ0v) is 16.9. The van der Waals surface area contributed by atoms with Crippen LogP contribution in [0.1, 0.15) is 48.0 Å². The molecule has 0 aromatic heterocycles. The largest absolute Gasteiger partial charge is 0.496 e. The molecule has 1 aliphatic heterocycles. The SMILES string of the molecule is COc1ccccc1/C=C/C=C1/Oc2cc(OC(=O)C3CCCCC3)ccc2C1=O. The zero-order valence-electron chi connectivity index (χ0n) is 16.9. The Morgan fingerprint density at radius 2 is 1.90 bits per heavy atom. The second-order valence-corrected chi connectivity index (χ2v) is 7.48. The molecule has 154 valence electrons. The van der Waals surface area contributed by atoms with Crippen molar-refractivity contribution < 1.29 is 23.8 Å². The van der Waals surface area contributed by atoms with E-state index in [2.05, 4.69) is 0 Å². The van der Waals surface area contributed by atoms with Gasteiger partial charge in [-0.05, 0) is 37.1 Å². The number of methoxy groups -OCH3 is 1. The molecular weight excluding hydrogens is 380 g/mol. The van der Waals surface area contributed by atoms with Gasteiger partial charge in [-0.25, -0.2) is 0 Å². The molecule has 0 amide bonds. The molecule has 1 heterocycles. The smallest absolute Gasteiger partial charge is 0.314 e. The van der Waals surface area contributed by atoms with Crippen molar-refractivity contribution >= 4 is 17.8 Å². The number of fused-ring (bicyclic) bond motifs is 1.